The SMILES string of the molecule is Cc1nn(-c2ccc(Br)cc2)nc1CCl. The first-order valence-electron chi connectivity index (χ1n) is 4.45. The van der Waals surface area contributed by atoms with Gasteiger partial charge in [-0.05, 0) is 31.2 Å². The third-order valence-electron chi connectivity index (χ3n) is 2.06. The van der Waals surface area contributed by atoms with Gasteiger partial charge >= 0.3 is 0 Å². The molecule has 1 heterocycles. The maximum atomic E-state index is 5.73. The Morgan fingerprint density at radius 2 is 1.93 bits per heavy atom. The molecular formula is C10H9BrClN3. The summed E-state index contributed by atoms with van der Waals surface area (Å²) in [6.07, 6.45) is 0. The summed E-state index contributed by atoms with van der Waals surface area (Å²) in [5, 5.41) is 8.57. The van der Waals surface area contributed by atoms with Gasteiger partial charge in [0.15, 0.2) is 0 Å². The molecule has 0 unspecified atom stereocenters. The summed E-state index contributed by atoms with van der Waals surface area (Å²) >= 11 is 9.12. The maximum absolute atomic E-state index is 5.73. The monoisotopic (exact) mass is 285 g/mol. The molecule has 0 aliphatic carbocycles. The predicted octanol–water partition coefficient (Wildman–Crippen LogP) is 3.08. The van der Waals surface area contributed by atoms with Crippen LogP contribution < -0.4 is 0 Å². The molecule has 0 saturated carbocycles. The van der Waals surface area contributed by atoms with Crippen LogP contribution in [0.5, 0.6) is 0 Å². The van der Waals surface area contributed by atoms with Crippen molar-refractivity contribution in [3.05, 3.63) is 40.1 Å². The van der Waals surface area contributed by atoms with Gasteiger partial charge in [-0.1, -0.05) is 15.9 Å². The van der Waals surface area contributed by atoms with Crippen molar-refractivity contribution in [3.8, 4) is 5.69 Å². The Bertz CT molecular complexity index is 464. The highest BCUT2D eigenvalue weighted by molar-refractivity contribution is 9.10. The van der Waals surface area contributed by atoms with Gasteiger partial charge in [-0.3, -0.25) is 0 Å². The van der Waals surface area contributed by atoms with Crippen molar-refractivity contribution < 1.29 is 0 Å². The van der Waals surface area contributed by atoms with Gasteiger partial charge in [-0.25, -0.2) is 0 Å². The number of hydrogen-bond acceptors (Lipinski definition) is 2. The molecule has 15 heavy (non-hydrogen) atoms. The highest BCUT2D eigenvalue weighted by atomic mass is 79.9. The summed E-state index contributed by atoms with van der Waals surface area (Å²) in [7, 11) is 0. The zero-order chi connectivity index (χ0) is 10.8. The second-order valence-corrected chi connectivity index (χ2v) is 4.31. The van der Waals surface area contributed by atoms with E-state index in [0.29, 0.717) is 5.88 Å². The number of nitrogens with zero attached hydrogens (tertiary/aromatic N) is 3. The topological polar surface area (TPSA) is 30.7 Å². The van der Waals surface area contributed by atoms with Crippen molar-refractivity contribution in [3.63, 3.8) is 0 Å². The number of aromatic nitrogens is 3. The van der Waals surface area contributed by atoms with Crippen molar-refractivity contribution in [2.24, 2.45) is 0 Å². The molecule has 3 nitrogen and oxygen atoms in total. The summed E-state index contributed by atoms with van der Waals surface area (Å²) < 4.78 is 1.03. The van der Waals surface area contributed by atoms with E-state index in [0.717, 1.165) is 21.5 Å². The van der Waals surface area contributed by atoms with Crippen molar-refractivity contribution in [1.29, 1.82) is 0 Å². The Kier molecular flexibility index (Phi) is 3.07. The van der Waals surface area contributed by atoms with E-state index in [9.17, 15) is 0 Å². The Morgan fingerprint density at radius 1 is 1.27 bits per heavy atom. The fraction of sp³-hybridized carbons (Fsp3) is 0.200. The van der Waals surface area contributed by atoms with Crippen molar-refractivity contribution in [2.45, 2.75) is 12.8 Å². The summed E-state index contributed by atoms with van der Waals surface area (Å²) in [4.78, 5) is 1.60. The van der Waals surface area contributed by atoms with Gasteiger partial charge < -0.3 is 0 Å². The minimum atomic E-state index is 0.391. The van der Waals surface area contributed by atoms with Gasteiger partial charge in [0.25, 0.3) is 0 Å². The molecule has 0 amide bonds. The van der Waals surface area contributed by atoms with Crippen LogP contribution in [0.1, 0.15) is 11.4 Å². The van der Waals surface area contributed by atoms with E-state index in [1.807, 2.05) is 31.2 Å². The van der Waals surface area contributed by atoms with E-state index >= 15 is 0 Å². The molecule has 0 N–H and O–H groups in total. The van der Waals surface area contributed by atoms with E-state index in [-0.39, 0.29) is 0 Å². The first kappa shape index (κ1) is 10.6. The van der Waals surface area contributed by atoms with E-state index < -0.39 is 0 Å². The Labute approximate surface area is 101 Å². The van der Waals surface area contributed by atoms with Crippen LogP contribution in [0.3, 0.4) is 0 Å². The fourth-order valence-electron chi connectivity index (χ4n) is 1.22. The smallest absolute Gasteiger partial charge is 0.101 e. The second kappa shape index (κ2) is 4.33. The Balaban J connectivity index is 2.41. The van der Waals surface area contributed by atoms with Crippen molar-refractivity contribution in [1.82, 2.24) is 15.0 Å². The molecule has 1 aromatic heterocycles. The molecule has 0 fully saturated rings. The number of halogens is 2. The summed E-state index contributed by atoms with van der Waals surface area (Å²) in [6, 6.07) is 7.80. The lowest BCUT2D eigenvalue weighted by Gasteiger charge is -1.98. The number of hydrogen-bond donors (Lipinski definition) is 0. The molecule has 0 radical (unpaired) electrons. The molecule has 0 spiro atoms. The first-order valence-corrected chi connectivity index (χ1v) is 5.78. The van der Waals surface area contributed by atoms with Gasteiger partial charge in [-0.15, -0.1) is 11.6 Å². The van der Waals surface area contributed by atoms with E-state index in [1.54, 1.807) is 4.80 Å². The van der Waals surface area contributed by atoms with Gasteiger partial charge in [0.1, 0.15) is 5.69 Å². The van der Waals surface area contributed by atoms with Crippen LogP contribution in [-0.4, -0.2) is 15.0 Å². The minimum absolute atomic E-state index is 0.391. The highest BCUT2D eigenvalue weighted by Crippen LogP contribution is 2.14. The predicted molar refractivity (Wildman–Crippen MR) is 63.4 cm³/mol. The summed E-state index contributed by atoms with van der Waals surface area (Å²) in [5.41, 5.74) is 2.62. The Hall–Kier alpha value is -0.870. The fourth-order valence-corrected chi connectivity index (χ4v) is 1.73. The van der Waals surface area contributed by atoms with Crippen LogP contribution in [0.2, 0.25) is 0 Å². The molecule has 2 rings (SSSR count). The highest BCUT2D eigenvalue weighted by Gasteiger charge is 2.06. The van der Waals surface area contributed by atoms with E-state index in [4.69, 9.17) is 11.6 Å². The Morgan fingerprint density at radius 3 is 2.47 bits per heavy atom. The number of aryl methyl sites for hydroxylation is 1. The van der Waals surface area contributed by atoms with Gasteiger partial charge in [-0.2, -0.15) is 15.0 Å². The minimum Gasteiger partial charge on any atom is -0.153 e. The standard InChI is InChI=1S/C10H9BrClN3/c1-7-10(6-12)14-15(13-7)9-4-2-8(11)3-5-9/h2-5H,6H2,1H3. The zero-order valence-corrected chi connectivity index (χ0v) is 10.5. The average molecular weight is 287 g/mol. The number of rotatable bonds is 2. The molecule has 0 saturated heterocycles. The van der Waals surface area contributed by atoms with Crippen LogP contribution in [0.15, 0.2) is 28.7 Å². The van der Waals surface area contributed by atoms with E-state index in [1.165, 1.54) is 0 Å². The summed E-state index contributed by atoms with van der Waals surface area (Å²) in [6.45, 7) is 1.90. The van der Waals surface area contributed by atoms with Crippen LogP contribution in [0, 0.1) is 6.92 Å². The first-order chi connectivity index (χ1) is 7.20. The molecule has 2 aromatic rings. The number of alkyl halides is 1. The molecule has 5 heteroatoms. The maximum Gasteiger partial charge on any atom is 0.101 e. The number of benzene rings is 1. The van der Waals surface area contributed by atoms with Crippen LogP contribution in [0.4, 0.5) is 0 Å². The lowest BCUT2D eigenvalue weighted by atomic mass is 10.3. The lowest BCUT2D eigenvalue weighted by Crippen LogP contribution is -1.98. The average Bonchev–Trinajstić information content (AvgIpc) is 2.61. The van der Waals surface area contributed by atoms with Gasteiger partial charge in [0, 0.05) is 4.47 Å². The lowest BCUT2D eigenvalue weighted by molar-refractivity contribution is 0.740. The largest absolute Gasteiger partial charge is 0.153 e. The molecule has 78 valence electrons. The van der Waals surface area contributed by atoms with Crippen molar-refractivity contribution >= 4 is 27.5 Å². The van der Waals surface area contributed by atoms with Gasteiger partial charge in [0.05, 0.1) is 17.3 Å². The molecule has 0 bridgehead atoms. The zero-order valence-electron chi connectivity index (χ0n) is 8.11. The van der Waals surface area contributed by atoms with E-state index in [2.05, 4.69) is 26.1 Å². The molecule has 0 aliphatic heterocycles. The molecular weight excluding hydrogens is 277 g/mol. The van der Waals surface area contributed by atoms with Crippen molar-refractivity contribution in [2.75, 3.05) is 0 Å². The third kappa shape index (κ3) is 2.21. The second-order valence-electron chi connectivity index (χ2n) is 3.13. The normalized spacial score (nSPS) is 10.6. The molecule has 0 atom stereocenters. The van der Waals surface area contributed by atoms with Crippen LogP contribution in [-0.2, 0) is 5.88 Å². The van der Waals surface area contributed by atoms with Gasteiger partial charge in [0.2, 0.25) is 0 Å². The molecule has 1 aromatic carbocycles. The quantitative estimate of drug-likeness (QED) is 0.794. The van der Waals surface area contributed by atoms with Crippen LogP contribution in [0.25, 0.3) is 5.69 Å². The van der Waals surface area contributed by atoms with Crippen LogP contribution >= 0.6 is 27.5 Å². The third-order valence-corrected chi connectivity index (χ3v) is 2.84. The molecule has 0 aliphatic rings. The summed E-state index contributed by atoms with van der Waals surface area (Å²) in [5.74, 6) is 0.391.